The van der Waals surface area contributed by atoms with Crippen molar-refractivity contribution in [2.75, 3.05) is 19.7 Å². The molecule has 1 rings (SSSR count). The number of ether oxygens (including phenoxy) is 1. The Bertz CT molecular complexity index is 447. The van der Waals surface area contributed by atoms with Crippen LogP contribution in [0.2, 0.25) is 0 Å². The van der Waals surface area contributed by atoms with Gasteiger partial charge in [0, 0.05) is 13.0 Å². The van der Waals surface area contributed by atoms with Gasteiger partial charge < -0.3 is 15.4 Å². The molecule has 0 aliphatic carbocycles. The van der Waals surface area contributed by atoms with Crippen LogP contribution in [-0.4, -0.2) is 54.0 Å². The number of amides is 4. The van der Waals surface area contributed by atoms with Crippen molar-refractivity contribution in [3.05, 3.63) is 0 Å². The molecule has 0 aromatic heterocycles. The Labute approximate surface area is 123 Å². The van der Waals surface area contributed by atoms with Gasteiger partial charge in [-0.2, -0.15) is 0 Å². The van der Waals surface area contributed by atoms with E-state index >= 15 is 0 Å². The Balaban J connectivity index is 2.30. The molecule has 0 saturated carbocycles. The van der Waals surface area contributed by atoms with E-state index in [2.05, 4.69) is 10.6 Å². The van der Waals surface area contributed by atoms with Crippen molar-refractivity contribution in [1.82, 2.24) is 15.5 Å². The molecule has 118 valence electrons. The normalized spacial score (nSPS) is 16.6. The van der Waals surface area contributed by atoms with E-state index in [1.807, 2.05) is 0 Å². The van der Waals surface area contributed by atoms with Gasteiger partial charge in [-0.15, -0.1) is 0 Å². The third kappa shape index (κ3) is 4.73. The van der Waals surface area contributed by atoms with Crippen LogP contribution in [0.5, 0.6) is 0 Å². The van der Waals surface area contributed by atoms with E-state index in [9.17, 15) is 19.2 Å². The van der Waals surface area contributed by atoms with Crippen molar-refractivity contribution in [2.24, 2.45) is 0 Å². The van der Waals surface area contributed by atoms with Gasteiger partial charge in [0.2, 0.25) is 5.91 Å². The number of hydrogen-bond acceptors (Lipinski definition) is 5. The molecule has 8 nitrogen and oxygen atoms in total. The Morgan fingerprint density at radius 3 is 2.52 bits per heavy atom. The van der Waals surface area contributed by atoms with Crippen LogP contribution in [0, 0.1) is 0 Å². The summed E-state index contributed by atoms with van der Waals surface area (Å²) in [5.74, 6) is -1.20. The minimum Gasteiger partial charge on any atom is -0.466 e. The molecule has 1 saturated heterocycles. The van der Waals surface area contributed by atoms with E-state index in [-0.39, 0.29) is 25.5 Å². The lowest BCUT2D eigenvalue weighted by Gasteiger charge is -2.15. The topological polar surface area (TPSA) is 105 Å². The van der Waals surface area contributed by atoms with Crippen molar-refractivity contribution in [1.29, 1.82) is 0 Å². The largest absolute Gasteiger partial charge is 0.466 e. The maximum atomic E-state index is 11.9. The Kier molecular flexibility index (Phi) is 5.69. The Hall–Kier alpha value is -2.12. The summed E-state index contributed by atoms with van der Waals surface area (Å²) >= 11 is 0. The first kappa shape index (κ1) is 16.9. The number of imide groups is 1. The van der Waals surface area contributed by atoms with Gasteiger partial charge >= 0.3 is 12.0 Å². The predicted octanol–water partition coefficient (Wildman–Crippen LogP) is -0.224. The molecule has 1 fully saturated rings. The number of urea groups is 1. The quantitative estimate of drug-likeness (QED) is 0.384. The number of rotatable bonds is 7. The van der Waals surface area contributed by atoms with Crippen LogP contribution in [0.25, 0.3) is 0 Å². The zero-order chi connectivity index (χ0) is 16.0. The lowest BCUT2D eigenvalue weighted by atomic mass is 10.1. The third-order valence-electron chi connectivity index (χ3n) is 2.93. The lowest BCUT2D eigenvalue weighted by Crippen LogP contribution is -2.43. The van der Waals surface area contributed by atoms with Crippen molar-refractivity contribution in [2.45, 2.75) is 39.2 Å². The standard InChI is InChI=1S/C13H21N3O5/c1-4-21-10(18)6-5-7-14-9(17)8-16-11(19)13(2,3)15-12(16)20/h4-8H2,1-3H3,(H,14,17)(H,15,20). The molecule has 0 atom stereocenters. The molecule has 21 heavy (non-hydrogen) atoms. The van der Waals surface area contributed by atoms with Gasteiger partial charge in [-0.05, 0) is 27.2 Å². The molecular formula is C13H21N3O5. The number of hydrogen-bond donors (Lipinski definition) is 2. The number of nitrogens with one attached hydrogen (secondary N) is 2. The summed E-state index contributed by atoms with van der Waals surface area (Å²) in [6.07, 6.45) is 0.653. The van der Waals surface area contributed by atoms with Crippen molar-refractivity contribution in [3.8, 4) is 0 Å². The number of carbonyl (C=O) groups is 4. The highest BCUT2D eigenvalue weighted by Crippen LogP contribution is 2.15. The zero-order valence-electron chi connectivity index (χ0n) is 12.5. The molecule has 0 radical (unpaired) electrons. The summed E-state index contributed by atoms with van der Waals surface area (Å²) in [4.78, 5) is 47.1. The molecular weight excluding hydrogens is 278 g/mol. The second-order valence-electron chi connectivity index (χ2n) is 5.20. The summed E-state index contributed by atoms with van der Waals surface area (Å²) < 4.78 is 4.75. The first-order chi connectivity index (χ1) is 9.77. The van der Waals surface area contributed by atoms with Gasteiger partial charge in [-0.3, -0.25) is 19.3 Å². The maximum Gasteiger partial charge on any atom is 0.325 e. The smallest absolute Gasteiger partial charge is 0.325 e. The van der Waals surface area contributed by atoms with Gasteiger partial charge in [-0.25, -0.2) is 4.79 Å². The van der Waals surface area contributed by atoms with Crippen LogP contribution in [0.3, 0.4) is 0 Å². The number of esters is 1. The second-order valence-corrected chi connectivity index (χ2v) is 5.20. The van der Waals surface area contributed by atoms with E-state index < -0.39 is 23.4 Å². The summed E-state index contributed by atoms with van der Waals surface area (Å²) in [6.45, 7) is 5.15. The van der Waals surface area contributed by atoms with Crippen molar-refractivity contribution >= 4 is 23.8 Å². The van der Waals surface area contributed by atoms with Crippen LogP contribution < -0.4 is 10.6 Å². The molecule has 1 aliphatic rings. The van der Waals surface area contributed by atoms with Crippen molar-refractivity contribution in [3.63, 3.8) is 0 Å². The van der Waals surface area contributed by atoms with E-state index in [0.717, 1.165) is 4.90 Å². The molecule has 0 aromatic carbocycles. The summed E-state index contributed by atoms with van der Waals surface area (Å²) in [6, 6.07) is -0.577. The van der Waals surface area contributed by atoms with Gasteiger partial charge in [0.1, 0.15) is 12.1 Å². The molecule has 0 spiro atoms. The fourth-order valence-electron chi connectivity index (χ4n) is 1.85. The zero-order valence-corrected chi connectivity index (χ0v) is 12.5. The lowest BCUT2D eigenvalue weighted by molar-refractivity contribution is -0.143. The highest BCUT2D eigenvalue weighted by atomic mass is 16.5. The highest BCUT2D eigenvalue weighted by Gasteiger charge is 2.44. The SMILES string of the molecule is CCOC(=O)CCCNC(=O)CN1C(=O)NC(C)(C)C1=O. The number of carbonyl (C=O) groups excluding carboxylic acids is 4. The number of nitrogens with zero attached hydrogens (tertiary/aromatic N) is 1. The molecule has 2 N–H and O–H groups in total. The minimum absolute atomic E-state index is 0.213. The van der Waals surface area contributed by atoms with Crippen LogP contribution >= 0.6 is 0 Å². The van der Waals surface area contributed by atoms with Crippen molar-refractivity contribution < 1.29 is 23.9 Å². The first-order valence-electron chi connectivity index (χ1n) is 6.84. The van der Waals surface area contributed by atoms with E-state index in [4.69, 9.17) is 4.74 Å². The first-order valence-corrected chi connectivity index (χ1v) is 6.84. The predicted molar refractivity (Wildman–Crippen MR) is 73.2 cm³/mol. The van der Waals surface area contributed by atoms with Gasteiger partial charge in [0.05, 0.1) is 6.61 Å². The Morgan fingerprint density at radius 2 is 2.00 bits per heavy atom. The third-order valence-corrected chi connectivity index (χ3v) is 2.93. The Morgan fingerprint density at radius 1 is 1.33 bits per heavy atom. The van der Waals surface area contributed by atoms with Gasteiger partial charge in [0.15, 0.2) is 0 Å². The molecule has 1 heterocycles. The molecule has 0 unspecified atom stereocenters. The second kappa shape index (κ2) is 7.05. The average Bonchev–Trinajstić information content (AvgIpc) is 2.57. The van der Waals surface area contributed by atoms with E-state index in [0.29, 0.717) is 13.0 Å². The molecule has 8 heteroatoms. The fraction of sp³-hybridized carbons (Fsp3) is 0.692. The summed E-state index contributed by atoms with van der Waals surface area (Å²) in [5.41, 5.74) is -0.985. The highest BCUT2D eigenvalue weighted by molar-refractivity contribution is 6.08. The fourth-order valence-corrected chi connectivity index (χ4v) is 1.85. The van der Waals surface area contributed by atoms with Gasteiger partial charge in [0.25, 0.3) is 5.91 Å². The molecule has 4 amide bonds. The molecule has 0 aromatic rings. The van der Waals surface area contributed by atoms with E-state index in [1.165, 1.54) is 0 Å². The van der Waals surface area contributed by atoms with Crippen LogP contribution in [0.4, 0.5) is 4.79 Å². The van der Waals surface area contributed by atoms with Gasteiger partial charge in [-0.1, -0.05) is 0 Å². The summed E-state index contributed by atoms with van der Waals surface area (Å²) in [5, 5.41) is 5.05. The maximum absolute atomic E-state index is 11.9. The van der Waals surface area contributed by atoms with E-state index in [1.54, 1.807) is 20.8 Å². The van der Waals surface area contributed by atoms with Crippen LogP contribution in [0.1, 0.15) is 33.6 Å². The average molecular weight is 299 g/mol. The summed E-state index contributed by atoms with van der Waals surface area (Å²) in [7, 11) is 0. The van der Waals surface area contributed by atoms with Crippen LogP contribution in [-0.2, 0) is 19.1 Å². The molecule has 1 aliphatic heterocycles. The monoisotopic (exact) mass is 299 g/mol. The molecule has 0 bridgehead atoms. The van der Waals surface area contributed by atoms with Crippen LogP contribution in [0.15, 0.2) is 0 Å². The minimum atomic E-state index is -0.985.